The third-order valence-electron chi connectivity index (χ3n) is 4.13. The van der Waals surface area contributed by atoms with Crippen LogP contribution in [0, 0.1) is 6.92 Å². The Kier molecular flexibility index (Phi) is 4.55. The van der Waals surface area contributed by atoms with E-state index >= 15 is 0 Å². The zero-order valence-corrected chi connectivity index (χ0v) is 14.6. The summed E-state index contributed by atoms with van der Waals surface area (Å²) in [6.45, 7) is 3.19. The van der Waals surface area contributed by atoms with Gasteiger partial charge < -0.3 is 4.90 Å². The Morgan fingerprint density at radius 3 is 2.70 bits per heavy atom. The van der Waals surface area contributed by atoms with E-state index in [1.54, 1.807) is 40.5 Å². The number of hydrogen-bond donors (Lipinski definition) is 0. The van der Waals surface area contributed by atoms with E-state index in [9.17, 15) is 13.2 Å². The molecule has 122 valence electrons. The Morgan fingerprint density at radius 2 is 1.96 bits per heavy atom. The quantitative estimate of drug-likeness (QED) is 0.853. The highest BCUT2D eigenvalue weighted by Gasteiger charge is 2.23. The van der Waals surface area contributed by atoms with Crippen molar-refractivity contribution >= 4 is 27.1 Å². The first-order valence-electron chi connectivity index (χ1n) is 7.58. The maximum Gasteiger partial charge on any atom is 0.223 e. The van der Waals surface area contributed by atoms with Crippen molar-refractivity contribution in [1.29, 1.82) is 0 Å². The number of fused-ring (bicyclic) bond motifs is 1. The normalized spacial score (nSPS) is 14.6. The van der Waals surface area contributed by atoms with E-state index in [4.69, 9.17) is 0 Å². The Hall–Kier alpha value is -1.66. The lowest BCUT2D eigenvalue weighted by Crippen LogP contribution is -2.36. The fourth-order valence-electron chi connectivity index (χ4n) is 2.70. The van der Waals surface area contributed by atoms with Crippen LogP contribution in [0.4, 0.5) is 0 Å². The van der Waals surface area contributed by atoms with Crippen molar-refractivity contribution in [3.05, 3.63) is 51.7 Å². The molecule has 6 heteroatoms. The summed E-state index contributed by atoms with van der Waals surface area (Å²) < 4.78 is 24.6. The van der Waals surface area contributed by atoms with Crippen LogP contribution in [0.25, 0.3) is 0 Å². The standard InChI is InChI=1S/C17H19NO3S2/c1-13-2-4-15(5-3-13)23(20,21)11-8-17(19)18-9-6-16-14(12-18)7-10-22-16/h2-5,7,10H,6,8-9,11-12H2,1H3. The van der Waals surface area contributed by atoms with Crippen LogP contribution in [0.3, 0.4) is 0 Å². The van der Waals surface area contributed by atoms with Gasteiger partial charge in [-0.2, -0.15) is 0 Å². The molecule has 0 unspecified atom stereocenters. The third-order valence-corrected chi connectivity index (χ3v) is 6.88. The number of amides is 1. The minimum absolute atomic E-state index is 0.0374. The molecule has 0 atom stereocenters. The molecule has 1 aliphatic rings. The molecule has 3 rings (SSSR count). The Morgan fingerprint density at radius 1 is 1.22 bits per heavy atom. The molecular formula is C17H19NO3S2. The molecule has 1 aromatic heterocycles. The first kappa shape index (κ1) is 16.2. The maximum atomic E-state index is 12.3. The van der Waals surface area contributed by atoms with Crippen molar-refractivity contribution < 1.29 is 13.2 Å². The predicted molar refractivity (Wildman–Crippen MR) is 91.3 cm³/mol. The topological polar surface area (TPSA) is 54.5 Å². The van der Waals surface area contributed by atoms with Gasteiger partial charge in [-0.25, -0.2) is 8.42 Å². The second-order valence-electron chi connectivity index (χ2n) is 5.82. The summed E-state index contributed by atoms with van der Waals surface area (Å²) in [5.74, 6) is -0.223. The number of hydrogen-bond acceptors (Lipinski definition) is 4. The maximum absolute atomic E-state index is 12.3. The van der Waals surface area contributed by atoms with E-state index in [0.717, 1.165) is 12.0 Å². The van der Waals surface area contributed by atoms with Crippen molar-refractivity contribution in [1.82, 2.24) is 4.90 Å². The zero-order valence-electron chi connectivity index (χ0n) is 13.0. The highest BCUT2D eigenvalue weighted by atomic mass is 32.2. The third kappa shape index (κ3) is 3.64. The van der Waals surface area contributed by atoms with E-state index in [2.05, 4.69) is 0 Å². The minimum atomic E-state index is -3.41. The van der Waals surface area contributed by atoms with Gasteiger partial charge in [0.05, 0.1) is 10.6 Å². The van der Waals surface area contributed by atoms with E-state index in [1.807, 2.05) is 18.4 Å². The molecule has 0 bridgehead atoms. The summed E-state index contributed by atoms with van der Waals surface area (Å²) in [4.78, 5) is 15.7. The van der Waals surface area contributed by atoms with Crippen LogP contribution in [0.1, 0.15) is 22.4 Å². The molecule has 0 saturated carbocycles. The number of benzene rings is 1. The number of rotatable bonds is 4. The fraction of sp³-hybridized carbons (Fsp3) is 0.353. The van der Waals surface area contributed by atoms with Crippen LogP contribution in [0.15, 0.2) is 40.6 Å². The van der Waals surface area contributed by atoms with Gasteiger partial charge in [-0.1, -0.05) is 17.7 Å². The lowest BCUT2D eigenvalue weighted by molar-refractivity contribution is -0.131. The van der Waals surface area contributed by atoms with Gasteiger partial charge in [0.2, 0.25) is 5.91 Å². The van der Waals surface area contributed by atoms with Crippen LogP contribution >= 0.6 is 11.3 Å². The van der Waals surface area contributed by atoms with Crippen LogP contribution in [0.5, 0.6) is 0 Å². The highest BCUT2D eigenvalue weighted by molar-refractivity contribution is 7.91. The molecule has 0 spiro atoms. The Labute approximate surface area is 140 Å². The molecular weight excluding hydrogens is 330 g/mol. The largest absolute Gasteiger partial charge is 0.338 e. The van der Waals surface area contributed by atoms with E-state index < -0.39 is 9.84 Å². The Bertz CT molecular complexity index is 807. The molecule has 1 amide bonds. The smallest absolute Gasteiger partial charge is 0.223 e. The second-order valence-corrected chi connectivity index (χ2v) is 8.93. The number of aryl methyl sites for hydroxylation is 1. The number of thiophene rings is 1. The molecule has 1 aliphatic heterocycles. The van der Waals surface area contributed by atoms with Crippen LogP contribution < -0.4 is 0 Å². The molecule has 2 aromatic rings. The van der Waals surface area contributed by atoms with E-state index in [-0.39, 0.29) is 23.0 Å². The van der Waals surface area contributed by atoms with Gasteiger partial charge in [0.25, 0.3) is 0 Å². The summed E-state index contributed by atoms with van der Waals surface area (Å²) in [6.07, 6.45) is 0.902. The van der Waals surface area contributed by atoms with E-state index in [0.29, 0.717) is 13.1 Å². The zero-order chi connectivity index (χ0) is 16.4. The highest BCUT2D eigenvalue weighted by Crippen LogP contribution is 2.24. The van der Waals surface area contributed by atoms with Crippen molar-refractivity contribution in [2.45, 2.75) is 31.2 Å². The van der Waals surface area contributed by atoms with Gasteiger partial charge >= 0.3 is 0 Å². The van der Waals surface area contributed by atoms with Crippen LogP contribution in [-0.2, 0) is 27.6 Å². The summed E-state index contributed by atoms with van der Waals surface area (Å²) in [5, 5.41) is 2.04. The molecule has 2 heterocycles. The first-order valence-corrected chi connectivity index (χ1v) is 10.1. The number of nitrogens with zero attached hydrogens (tertiary/aromatic N) is 1. The molecule has 0 radical (unpaired) electrons. The van der Waals surface area contributed by atoms with Gasteiger partial charge in [-0.15, -0.1) is 11.3 Å². The van der Waals surface area contributed by atoms with Gasteiger partial charge in [-0.05, 0) is 42.5 Å². The summed E-state index contributed by atoms with van der Waals surface area (Å²) in [6, 6.07) is 8.80. The second kappa shape index (κ2) is 6.45. The molecule has 1 aromatic carbocycles. The summed E-state index contributed by atoms with van der Waals surface area (Å²) >= 11 is 1.72. The summed E-state index contributed by atoms with van der Waals surface area (Å²) in [5.41, 5.74) is 2.20. The predicted octanol–water partition coefficient (Wildman–Crippen LogP) is 2.81. The summed E-state index contributed by atoms with van der Waals surface area (Å²) in [7, 11) is -3.41. The Balaban J connectivity index is 1.62. The number of sulfone groups is 1. The van der Waals surface area contributed by atoms with Gasteiger partial charge in [0.15, 0.2) is 9.84 Å². The SMILES string of the molecule is Cc1ccc(S(=O)(=O)CCC(=O)N2CCc3sccc3C2)cc1. The number of carbonyl (C=O) groups excluding carboxylic acids is 1. The molecule has 23 heavy (non-hydrogen) atoms. The lowest BCUT2D eigenvalue weighted by Gasteiger charge is -2.27. The van der Waals surface area contributed by atoms with Gasteiger partial charge in [0.1, 0.15) is 0 Å². The van der Waals surface area contributed by atoms with Crippen molar-refractivity contribution in [3.8, 4) is 0 Å². The first-order chi connectivity index (χ1) is 11.0. The lowest BCUT2D eigenvalue weighted by atomic mass is 10.1. The van der Waals surface area contributed by atoms with Crippen LogP contribution in [-0.4, -0.2) is 31.5 Å². The average molecular weight is 349 g/mol. The molecule has 0 aliphatic carbocycles. The number of carbonyl (C=O) groups is 1. The van der Waals surface area contributed by atoms with Crippen molar-refractivity contribution in [2.24, 2.45) is 0 Å². The monoisotopic (exact) mass is 349 g/mol. The van der Waals surface area contributed by atoms with Crippen LogP contribution in [0.2, 0.25) is 0 Å². The van der Waals surface area contributed by atoms with Crippen molar-refractivity contribution in [3.63, 3.8) is 0 Å². The molecule has 4 nitrogen and oxygen atoms in total. The molecule has 0 saturated heterocycles. The van der Waals surface area contributed by atoms with Crippen molar-refractivity contribution in [2.75, 3.05) is 12.3 Å². The fourth-order valence-corrected chi connectivity index (χ4v) is 4.82. The molecule has 0 N–H and O–H groups in total. The minimum Gasteiger partial charge on any atom is -0.338 e. The van der Waals surface area contributed by atoms with Gasteiger partial charge in [0, 0.05) is 24.4 Å². The molecule has 0 fully saturated rings. The van der Waals surface area contributed by atoms with Gasteiger partial charge in [-0.3, -0.25) is 4.79 Å². The van der Waals surface area contributed by atoms with E-state index in [1.165, 1.54) is 10.4 Å². The average Bonchev–Trinajstić information content (AvgIpc) is 3.00.